The molecule has 0 radical (unpaired) electrons. The Labute approximate surface area is 172 Å². The summed E-state index contributed by atoms with van der Waals surface area (Å²) in [6, 6.07) is 7.23. The van der Waals surface area contributed by atoms with E-state index in [-0.39, 0.29) is 11.7 Å². The number of fused-ring (bicyclic) bond motifs is 1. The third kappa shape index (κ3) is 7.69. The van der Waals surface area contributed by atoms with Gasteiger partial charge in [0.15, 0.2) is 0 Å². The van der Waals surface area contributed by atoms with Crippen molar-refractivity contribution < 1.29 is 33.7 Å². The molecular formula is C21H25NO8. The molecule has 0 bridgehead atoms. The highest BCUT2D eigenvalue weighted by atomic mass is 16.5. The fourth-order valence-corrected chi connectivity index (χ4v) is 2.83. The van der Waals surface area contributed by atoms with Crippen molar-refractivity contribution in [3.05, 3.63) is 52.4 Å². The van der Waals surface area contributed by atoms with Gasteiger partial charge in [0.1, 0.15) is 24.0 Å². The van der Waals surface area contributed by atoms with Gasteiger partial charge >= 0.3 is 17.6 Å². The summed E-state index contributed by atoms with van der Waals surface area (Å²) in [5.41, 5.74) is 1.30. The van der Waals surface area contributed by atoms with Crippen molar-refractivity contribution in [1.82, 2.24) is 5.32 Å². The van der Waals surface area contributed by atoms with Crippen molar-refractivity contribution in [1.29, 1.82) is 0 Å². The minimum atomic E-state index is -1.26. The maximum absolute atomic E-state index is 11.7. The van der Waals surface area contributed by atoms with Gasteiger partial charge in [-0.2, -0.15) is 0 Å². The highest BCUT2D eigenvalue weighted by molar-refractivity contribution is 5.89. The first-order chi connectivity index (χ1) is 14.4. The maximum atomic E-state index is 11.7. The zero-order valence-electron chi connectivity index (χ0n) is 16.6. The summed E-state index contributed by atoms with van der Waals surface area (Å²) in [5, 5.41) is 19.9. The van der Waals surface area contributed by atoms with Crippen LogP contribution in [0.5, 0.6) is 5.75 Å². The quantitative estimate of drug-likeness (QED) is 0.453. The lowest BCUT2D eigenvalue weighted by Crippen LogP contribution is -2.41. The predicted octanol–water partition coefficient (Wildman–Crippen LogP) is 1.82. The highest BCUT2D eigenvalue weighted by Crippen LogP contribution is 2.23. The second-order valence-corrected chi connectivity index (χ2v) is 6.52. The molecule has 1 aliphatic rings. The minimum absolute atomic E-state index is 0.0582. The molecule has 1 aliphatic heterocycles. The topological polar surface area (TPSA) is 135 Å². The molecule has 1 atom stereocenters. The summed E-state index contributed by atoms with van der Waals surface area (Å²) in [7, 11) is 0. The molecule has 0 aliphatic carbocycles. The van der Waals surface area contributed by atoms with Crippen LogP contribution in [-0.2, 0) is 20.7 Å². The van der Waals surface area contributed by atoms with E-state index < -0.39 is 11.9 Å². The van der Waals surface area contributed by atoms with Gasteiger partial charge in [-0.05, 0) is 24.1 Å². The van der Waals surface area contributed by atoms with Crippen LogP contribution in [0.15, 0.2) is 45.6 Å². The first-order valence-corrected chi connectivity index (χ1v) is 9.55. The number of morpholine rings is 1. The Morgan fingerprint density at radius 2 is 1.97 bits per heavy atom. The van der Waals surface area contributed by atoms with E-state index in [1.165, 1.54) is 0 Å². The fraction of sp³-hybridized carbons (Fsp3) is 0.381. The van der Waals surface area contributed by atoms with E-state index in [4.69, 9.17) is 24.1 Å². The molecule has 1 aromatic heterocycles. The smallest absolute Gasteiger partial charge is 0.336 e. The standard InChI is InChI=1S/C17H21NO4.C4H4O4/c1-2-3-12-8-17(19)22-16-9-13(4-5-15(12)16)21-11-14-10-18-6-7-20-14;5-3(6)1-2-4(7)8/h4-5,8-9,14,18H,2-3,6-7,10-11H2,1H3;1-2H,(H,5,6)(H,7,8)/b;2-1-. The molecule has 0 amide bonds. The largest absolute Gasteiger partial charge is 0.491 e. The maximum Gasteiger partial charge on any atom is 0.336 e. The Hall–Kier alpha value is -3.17. The van der Waals surface area contributed by atoms with Gasteiger partial charge in [-0.25, -0.2) is 14.4 Å². The lowest BCUT2D eigenvalue weighted by molar-refractivity contribution is -0.134. The number of rotatable bonds is 7. The van der Waals surface area contributed by atoms with Crippen LogP contribution in [0, 0.1) is 0 Å². The minimum Gasteiger partial charge on any atom is -0.491 e. The number of hydrogen-bond donors (Lipinski definition) is 3. The molecule has 9 heteroatoms. The zero-order chi connectivity index (χ0) is 21.9. The molecule has 30 heavy (non-hydrogen) atoms. The molecule has 2 heterocycles. The molecule has 1 unspecified atom stereocenters. The van der Waals surface area contributed by atoms with Gasteiger partial charge in [-0.15, -0.1) is 0 Å². The average Bonchev–Trinajstić information content (AvgIpc) is 2.72. The first-order valence-electron chi connectivity index (χ1n) is 9.55. The van der Waals surface area contributed by atoms with Gasteiger partial charge in [0.25, 0.3) is 0 Å². The first kappa shape index (κ1) is 23.1. The molecule has 1 saturated heterocycles. The van der Waals surface area contributed by atoms with Crippen LogP contribution in [-0.4, -0.2) is 54.6 Å². The number of carbonyl (C=O) groups is 2. The summed E-state index contributed by atoms with van der Waals surface area (Å²) < 4.78 is 16.7. The number of aliphatic carboxylic acids is 2. The van der Waals surface area contributed by atoms with Crippen molar-refractivity contribution in [3.8, 4) is 5.75 Å². The summed E-state index contributed by atoms with van der Waals surface area (Å²) in [4.78, 5) is 30.8. The molecule has 0 saturated carbocycles. The van der Waals surface area contributed by atoms with E-state index in [0.717, 1.165) is 36.9 Å². The molecular weight excluding hydrogens is 394 g/mol. The number of nitrogens with one attached hydrogen (secondary N) is 1. The van der Waals surface area contributed by atoms with Crippen LogP contribution < -0.4 is 15.7 Å². The molecule has 1 fully saturated rings. The fourth-order valence-electron chi connectivity index (χ4n) is 2.83. The van der Waals surface area contributed by atoms with E-state index in [1.807, 2.05) is 12.1 Å². The number of ether oxygens (including phenoxy) is 2. The van der Waals surface area contributed by atoms with Gasteiger partial charge in [-0.1, -0.05) is 13.3 Å². The molecule has 162 valence electrons. The third-order valence-corrected chi connectivity index (χ3v) is 4.13. The Morgan fingerprint density at radius 3 is 2.57 bits per heavy atom. The molecule has 1 aromatic carbocycles. The van der Waals surface area contributed by atoms with Gasteiger partial charge in [0, 0.05) is 42.8 Å². The van der Waals surface area contributed by atoms with E-state index in [9.17, 15) is 14.4 Å². The second kappa shape index (κ2) is 11.7. The summed E-state index contributed by atoms with van der Waals surface area (Å²) in [6.45, 7) is 4.97. The molecule has 2 aromatic rings. The Balaban J connectivity index is 0.000000343. The van der Waals surface area contributed by atoms with Crippen molar-refractivity contribution in [3.63, 3.8) is 0 Å². The summed E-state index contributed by atoms with van der Waals surface area (Å²) in [6.07, 6.45) is 3.03. The SMILES string of the molecule is CCCc1cc(=O)oc2cc(OCC3CNCCO3)ccc12.O=C(O)/C=C\C(=O)O. The number of benzene rings is 1. The number of carboxylic acid groups (broad SMARTS) is 2. The molecule has 9 nitrogen and oxygen atoms in total. The van der Waals surface area contributed by atoms with Crippen LogP contribution >= 0.6 is 0 Å². The van der Waals surface area contributed by atoms with Crippen molar-refractivity contribution in [2.45, 2.75) is 25.9 Å². The van der Waals surface area contributed by atoms with Crippen molar-refractivity contribution >= 4 is 22.9 Å². The van der Waals surface area contributed by atoms with Crippen LogP contribution in [0.3, 0.4) is 0 Å². The third-order valence-electron chi connectivity index (χ3n) is 4.13. The van der Waals surface area contributed by atoms with E-state index in [2.05, 4.69) is 12.2 Å². The molecule has 3 N–H and O–H groups in total. The average molecular weight is 419 g/mol. The van der Waals surface area contributed by atoms with Crippen LogP contribution in [0.1, 0.15) is 18.9 Å². The highest BCUT2D eigenvalue weighted by Gasteiger charge is 2.14. The van der Waals surface area contributed by atoms with Crippen molar-refractivity contribution in [2.24, 2.45) is 0 Å². The normalized spacial score (nSPS) is 16.1. The summed E-state index contributed by atoms with van der Waals surface area (Å²) in [5.74, 6) is -1.82. The van der Waals surface area contributed by atoms with E-state index >= 15 is 0 Å². The van der Waals surface area contributed by atoms with Crippen LogP contribution in [0.4, 0.5) is 0 Å². The second-order valence-electron chi connectivity index (χ2n) is 6.52. The lowest BCUT2D eigenvalue weighted by Gasteiger charge is -2.23. The van der Waals surface area contributed by atoms with Crippen LogP contribution in [0.25, 0.3) is 11.0 Å². The van der Waals surface area contributed by atoms with E-state index in [1.54, 1.807) is 12.1 Å². The number of aryl methyl sites for hydroxylation is 1. The zero-order valence-corrected chi connectivity index (χ0v) is 16.6. The predicted molar refractivity (Wildman–Crippen MR) is 109 cm³/mol. The Morgan fingerprint density at radius 1 is 1.23 bits per heavy atom. The lowest BCUT2D eigenvalue weighted by atomic mass is 10.1. The van der Waals surface area contributed by atoms with Crippen molar-refractivity contribution in [2.75, 3.05) is 26.3 Å². The van der Waals surface area contributed by atoms with E-state index in [0.29, 0.717) is 36.7 Å². The van der Waals surface area contributed by atoms with Gasteiger partial charge in [0.05, 0.1) is 6.61 Å². The summed E-state index contributed by atoms with van der Waals surface area (Å²) >= 11 is 0. The molecule has 3 rings (SSSR count). The van der Waals surface area contributed by atoms with Gasteiger partial charge < -0.3 is 29.4 Å². The number of hydrogen-bond acceptors (Lipinski definition) is 7. The van der Waals surface area contributed by atoms with Gasteiger partial charge in [-0.3, -0.25) is 0 Å². The molecule has 0 spiro atoms. The van der Waals surface area contributed by atoms with Crippen LogP contribution in [0.2, 0.25) is 0 Å². The monoisotopic (exact) mass is 419 g/mol. The Bertz CT molecular complexity index is 928. The Kier molecular flexibility index (Phi) is 9.04. The number of carboxylic acids is 2. The van der Waals surface area contributed by atoms with Gasteiger partial charge in [0.2, 0.25) is 0 Å².